The highest BCUT2D eigenvalue weighted by molar-refractivity contribution is 6.02. The summed E-state index contributed by atoms with van der Waals surface area (Å²) in [5, 5.41) is 0. The van der Waals surface area contributed by atoms with Gasteiger partial charge in [0, 0.05) is 0 Å². The van der Waals surface area contributed by atoms with Gasteiger partial charge in [-0.25, -0.2) is 9.59 Å². The van der Waals surface area contributed by atoms with Gasteiger partial charge in [-0.05, 0) is 32.6 Å². The average molecular weight is 252 g/mol. The van der Waals surface area contributed by atoms with Gasteiger partial charge in [-0.1, -0.05) is 19.1 Å². The van der Waals surface area contributed by atoms with Gasteiger partial charge in [-0.15, -0.1) is 0 Å². The Bertz CT molecular complexity index is 379. The van der Waals surface area contributed by atoms with Gasteiger partial charge in [0.15, 0.2) is 0 Å². The number of rotatable bonds is 4. The molecule has 0 fully saturated rings. The first-order valence-corrected chi connectivity index (χ1v) is 6.35. The van der Waals surface area contributed by atoms with Gasteiger partial charge in [0.2, 0.25) is 0 Å². The van der Waals surface area contributed by atoms with Crippen LogP contribution in [-0.2, 0) is 19.1 Å². The van der Waals surface area contributed by atoms with Crippen LogP contribution in [0.15, 0.2) is 23.3 Å². The smallest absolute Gasteiger partial charge is 0.338 e. The van der Waals surface area contributed by atoms with Crippen molar-refractivity contribution in [1.82, 2.24) is 0 Å². The zero-order valence-electron chi connectivity index (χ0n) is 11.2. The van der Waals surface area contributed by atoms with Gasteiger partial charge < -0.3 is 9.47 Å². The van der Waals surface area contributed by atoms with Crippen LogP contribution in [0.25, 0.3) is 0 Å². The fraction of sp³-hybridized carbons (Fsp3) is 0.571. The summed E-state index contributed by atoms with van der Waals surface area (Å²) < 4.78 is 9.97. The Morgan fingerprint density at radius 2 is 1.83 bits per heavy atom. The predicted octanol–water partition coefficient (Wildman–Crippen LogP) is 2.40. The standard InChI is InChI=1S/C14H20O4/c1-4-17-13(15)11-8-6-10(3)7-9-12(11)14(16)18-5-2/h6,8,10H,4-5,7,9H2,1-3H3. The second-order valence-corrected chi connectivity index (χ2v) is 4.21. The SMILES string of the molecule is CCOC(=O)C1=C(C(=O)OCC)CCC(C)C=C1. The Morgan fingerprint density at radius 1 is 1.22 bits per heavy atom. The van der Waals surface area contributed by atoms with Crippen LogP contribution in [-0.4, -0.2) is 25.2 Å². The van der Waals surface area contributed by atoms with Crippen molar-refractivity contribution in [3.8, 4) is 0 Å². The number of hydrogen-bond donors (Lipinski definition) is 0. The molecule has 18 heavy (non-hydrogen) atoms. The molecule has 0 heterocycles. The normalized spacial score (nSPS) is 19.4. The molecule has 1 aliphatic rings. The van der Waals surface area contributed by atoms with Gasteiger partial charge >= 0.3 is 11.9 Å². The number of carbonyl (C=O) groups excluding carboxylic acids is 2. The second kappa shape index (κ2) is 6.99. The summed E-state index contributed by atoms with van der Waals surface area (Å²) >= 11 is 0. The van der Waals surface area contributed by atoms with Crippen molar-refractivity contribution < 1.29 is 19.1 Å². The molecule has 1 unspecified atom stereocenters. The third-order valence-corrected chi connectivity index (χ3v) is 2.78. The van der Waals surface area contributed by atoms with Crippen molar-refractivity contribution in [3.05, 3.63) is 23.3 Å². The van der Waals surface area contributed by atoms with E-state index in [2.05, 4.69) is 0 Å². The Balaban J connectivity index is 3.04. The highest BCUT2D eigenvalue weighted by Crippen LogP contribution is 2.24. The summed E-state index contributed by atoms with van der Waals surface area (Å²) in [5.41, 5.74) is 0.760. The first kappa shape index (κ1) is 14.5. The molecule has 0 aromatic rings. The van der Waals surface area contributed by atoms with E-state index in [1.165, 1.54) is 0 Å². The molecule has 0 aliphatic heterocycles. The fourth-order valence-corrected chi connectivity index (χ4v) is 1.79. The third-order valence-electron chi connectivity index (χ3n) is 2.78. The molecule has 0 amide bonds. The van der Waals surface area contributed by atoms with E-state index >= 15 is 0 Å². The van der Waals surface area contributed by atoms with E-state index in [9.17, 15) is 9.59 Å². The van der Waals surface area contributed by atoms with Crippen LogP contribution in [0.1, 0.15) is 33.6 Å². The summed E-state index contributed by atoms with van der Waals surface area (Å²) in [7, 11) is 0. The molecule has 0 bridgehead atoms. The number of ether oxygens (including phenoxy) is 2. The van der Waals surface area contributed by atoms with Crippen molar-refractivity contribution in [2.45, 2.75) is 33.6 Å². The van der Waals surface area contributed by atoms with Gasteiger partial charge in [0.05, 0.1) is 24.4 Å². The molecule has 0 saturated carbocycles. The summed E-state index contributed by atoms with van der Waals surface area (Å²) in [6.45, 7) is 6.14. The minimum atomic E-state index is -0.453. The van der Waals surface area contributed by atoms with Crippen LogP contribution in [0.2, 0.25) is 0 Å². The lowest BCUT2D eigenvalue weighted by Crippen LogP contribution is -2.15. The van der Waals surface area contributed by atoms with Gasteiger partial charge in [0.1, 0.15) is 0 Å². The van der Waals surface area contributed by atoms with E-state index in [4.69, 9.17) is 9.47 Å². The Labute approximate surface area is 108 Å². The van der Waals surface area contributed by atoms with E-state index in [1.54, 1.807) is 19.9 Å². The molecule has 0 aromatic heterocycles. The molecular weight excluding hydrogens is 232 g/mol. The van der Waals surface area contributed by atoms with E-state index in [1.807, 2.05) is 13.0 Å². The summed E-state index contributed by atoms with van der Waals surface area (Å²) in [4.78, 5) is 23.7. The maximum atomic E-state index is 11.9. The quantitative estimate of drug-likeness (QED) is 0.721. The molecule has 0 N–H and O–H groups in total. The van der Waals surface area contributed by atoms with Crippen LogP contribution in [0.4, 0.5) is 0 Å². The minimum Gasteiger partial charge on any atom is -0.463 e. The molecule has 1 aliphatic carbocycles. The maximum Gasteiger partial charge on any atom is 0.338 e. The summed E-state index contributed by atoms with van der Waals surface area (Å²) in [6.07, 6.45) is 4.98. The third kappa shape index (κ3) is 3.72. The molecular formula is C14H20O4. The summed E-state index contributed by atoms with van der Waals surface area (Å²) in [5.74, 6) is -0.536. The van der Waals surface area contributed by atoms with Crippen LogP contribution < -0.4 is 0 Å². The summed E-state index contributed by atoms with van der Waals surface area (Å²) in [6, 6.07) is 0. The zero-order valence-corrected chi connectivity index (χ0v) is 11.2. The van der Waals surface area contributed by atoms with E-state index in [0.717, 1.165) is 6.42 Å². The van der Waals surface area contributed by atoms with Crippen molar-refractivity contribution >= 4 is 11.9 Å². The molecule has 0 spiro atoms. The number of carbonyl (C=O) groups is 2. The van der Waals surface area contributed by atoms with Crippen LogP contribution >= 0.6 is 0 Å². The average Bonchev–Trinajstić information content (AvgIpc) is 2.52. The minimum absolute atomic E-state index is 0.293. The lowest BCUT2D eigenvalue weighted by molar-refractivity contribution is -0.141. The van der Waals surface area contributed by atoms with Crippen molar-refractivity contribution in [2.24, 2.45) is 5.92 Å². The van der Waals surface area contributed by atoms with Crippen LogP contribution in [0.5, 0.6) is 0 Å². The molecule has 1 rings (SSSR count). The van der Waals surface area contributed by atoms with Gasteiger partial charge in [-0.2, -0.15) is 0 Å². The Morgan fingerprint density at radius 3 is 2.44 bits per heavy atom. The number of esters is 2. The fourth-order valence-electron chi connectivity index (χ4n) is 1.79. The second-order valence-electron chi connectivity index (χ2n) is 4.21. The Hall–Kier alpha value is -1.58. The maximum absolute atomic E-state index is 11.9. The van der Waals surface area contributed by atoms with E-state index in [-0.39, 0.29) is 0 Å². The van der Waals surface area contributed by atoms with E-state index < -0.39 is 11.9 Å². The number of hydrogen-bond acceptors (Lipinski definition) is 4. The molecule has 100 valence electrons. The molecule has 0 aromatic carbocycles. The van der Waals surface area contributed by atoms with Crippen molar-refractivity contribution in [1.29, 1.82) is 0 Å². The van der Waals surface area contributed by atoms with Crippen LogP contribution in [0, 0.1) is 5.92 Å². The first-order valence-electron chi connectivity index (χ1n) is 6.35. The molecule has 4 heteroatoms. The van der Waals surface area contributed by atoms with Gasteiger partial charge in [-0.3, -0.25) is 0 Å². The van der Waals surface area contributed by atoms with Gasteiger partial charge in [0.25, 0.3) is 0 Å². The highest BCUT2D eigenvalue weighted by Gasteiger charge is 2.23. The van der Waals surface area contributed by atoms with Crippen molar-refractivity contribution in [3.63, 3.8) is 0 Å². The largest absolute Gasteiger partial charge is 0.463 e. The van der Waals surface area contributed by atoms with Crippen molar-refractivity contribution in [2.75, 3.05) is 13.2 Å². The lowest BCUT2D eigenvalue weighted by Gasteiger charge is -2.10. The molecule has 0 saturated heterocycles. The lowest BCUT2D eigenvalue weighted by atomic mass is 10.0. The Kier molecular flexibility index (Phi) is 5.62. The first-order chi connectivity index (χ1) is 8.60. The molecule has 1 atom stereocenters. The van der Waals surface area contributed by atoms with Crippen LogP contribution in [0.3, 0.4) is 0 Å². The molecule has 4 nitrogen and oxygen atoms in total. The topological polar surface area (TPSA) is 52.6 Å². The predicted molar refractivity (Wildman–Crippen MR) is 67.8 cm³/mol. The number of allylic oxidation sites excluding steroid dienone is 1. The highest BCUT2D eigenvalue weighted by atomic mass is 16.5. The van der Waals surface area contributed by atoms with E-state index in [0.29, 0.717) is 36.7 Å². The monoisotopic (exact) mass is 252 g/mol. The molecule has 0 radical (unpaired) electrons. The zero-order chi connectivity index (χ0) is 13.5.